The van der Waals surface area contributed by atoms with Crippen LogP contribution in [0.25, 0.3) is 0 Å². The number of rotatable bonds is 7. The van der Waals surface area contributed by atoms with Gasteiger partial charge in [0.15, 0.2) is 0 Å². The van der Waals surface area contributed by atoms with Gasteiger partial charge in [-0.1, -0.05) is 0 Å². The van der Waals surface area contributed by atoms with E-state index >= 15 is 0 Å². The van der Waals surface area contributed by atoms with E-state index in [1.54, 1.807) is 25.3 Å². The van der Waals surface area contributed by atoms with Crippen molar-refractivity contribution in [2.75, 3.05) is 13.7 Å². The second-order valence-electron chi connectivity index (χ2n) is 3.85. The van der Waals surface area contributed by atoms with Crippen LogP contribution in [-0.2, 0) is 20.9 Å². The standard InChI is InChI=1S/C12H17N3O4/c1-9(14-15-12(17)8-18-2)6-11(16)13-7-10-4-3-5-19-10/h3-5H,6-8H2,1-2H3,(H,13,16)(H,15,17)/b14-9-. The summed E-state index contributed by atoms with van der Waals surface area (Å²) in [5.74, 6) is 0.118. The SMILES string of the molecule is COCC(=O)N/N=C(/C)CC(=O)NCc1ccco1. The van der Waals surface area contributed by atoms with Crippen LogP contribution in [0.4, 0.5) is 0 Å². The molecule has 2 N–H and O–H groups in total. The zero-order chi connectivity index (χ0) is 14.1. The van der Waals surface area contributed by atoms with Crippen LogP contribution in [0.3, 0.4) is 0 Å². The van der Waals surface area contributed by atoms with Crippen molar-refractivity contribution >= 4 is 17.5 Å². The number of hydrogen-bond acceptors (Lipinski definition) is 5. The van der Waals surface area contributed by atoms with Crippen molar-refractivity contribution in [2.45, 2.75) is 19.9 Å². The van der Waals surface area contributed by atoms with Crippen LogP contribution in [0, 0.1) is 0 Å². The average Bonchev–Trinajstić information content (AvgIpc) is 2.87. The molecular formula is C12H17N3O4. The molecule has 0 atom stereocenters. The normalized spacial score (nSPS) is 11.2. The molecule has 0 saturated heterocycles. The molecule has 7 heteroatoms. The van der Waals surface area contributed by atoms with Crippen molar-refractivity contribution in [1.82, 2.24) is 10.7 Å². The summed E-state index contributed by atoms with van der Waals surface area (Å²) >= 11 is 0. The molecule has 0 bridgehead atoms. The fourth-order valence-corrected chi connectivity index (χ4v) is 1.25. The Morgan fingerprint density at radius 3 is 2.84 bits per heavy atom. The van der Waals surface area contributed by atoms with E-state index in [1.165, 1.54) is 7.11 Å². The summed E-state index contributed by atoms with van der Waals surface area (Å²) in [5.41, 5.74) is 2.79. The summed E-state index contributed by atoms with van der Waals surface area (Å²) in [7, 11) is 1.41. The Hall–Kier alpha value is -2.15. The average molecular weight is 267 g/mol. The molecule has 19 heavy (non-hydrogen) atoms. The van der Waals surface area contributed by atoms with Crippen LogP contribution < -0.4 is 10.7 Å². The Bertz CT molecular complexity index is 440. The maximum atomic E-state index is 11.5. The van der Waals surface area contributed by atoms with Crippen LogP contribution >= 0.6 is 0 Å². The molecule has 104 valence electrons. The number of furan rings is 1. The van der Waals surface area contributed by atoms with Crippen LogP contribution in [-0.4, -0.2) is 31.2 Å². The third-order valence-electron chi connectivity index (χ3n) is 2.10. The highest BCUT2D eigenvalue weighted by atomic mass is 16.5. The number of hydrazone groups is 1. The first kappa shape index (κ1) is 14.9. The van der Waals surface area contributed by atoms with Gasteiger partial charge in [0.25, 0.3) is 5.91 Å². The molecule has 0 aromatic carbocycles. The summed E-state index contributed by atoms with van der Waals surface area (Å²) < 4.78 is 9.70. The van der Waals surface area contributed by atoms with Gasteiger partial charge in [0.05, 0.1) is 19.2 Å². The van der Waals surface area contributed by atoms with Crippen LogP contribution in [0.1, 0.15) is 19.1 Å². The number of hydrogen-bond donors (Lipinski definition) is 2. The molecule has 0 spiro atoms. The number of nitrogens with one attached hydrogen (secondary N) is 2. The molecular weight excluding hydrogens is 250 g/mol. The maximum Gasteiger partial charge on any atom is 0.266 e. The molecule has 1 aromatic rings. The number of amides is 2. The van der Waals surface area contributed by atoms with Crippen molar-refractivity contribution < 1.29 is 18.7 Å². The van der Waals surface area contributed by atoms with Crippen molar-refractivity contribution in [3.63, 3.8) is 0 Å². The second-order valence-corrected chi connectivity index (χ2v) is 3.85. The minimum atomic E-state index is -0.363. The molecule has 1 heterocycles. The third kappa shape index (κ3) is 6.37. The number of carbonyl (C=O) groups is 2. The first-order chi connectivity index (χ1) is 9.11. The molecule has 1 rings (SSSR count). The van der Waals surface area contributed by atoms with Gasteiger partial charge in [-0.2, -0.15) is 5.10 Å². The Morgan fingerprint density at radius 1 is 1.42 bits per heavy atom. The van der Waals surface area contributed by atoms with Gasteiger partial charge in [0.2, 0.25) is 5.91 Å². The molecule has 2 amide bonds. The first-order valence-corrected chi connectivity index (χ1v) is 5.72. The molecule has 0 aliphatic heterocycles. The van der Waals surface area contributed by atoms with E-state index in [0.717, 1.165) is 0 Å². The fraction of sp³-hybridized carbons (Fsp3) is 0.417. The summed E-state index contributed by atoms with van der Waals surface area (Å²) in [5, 5.41) is 6.46. The number of carbonyl (C=O) groups excluding carboxylic acids is 2. The van der Waals surface area contributed by atoms with Gasteiger partial charge in [0.1, 0.15) is 12.4 Å². The largest absolute Gasteiger partial charge is 0.467 e. The van der Waals surface area contributed by atoms with E-state index in [0.29, 0.717) is 18.0 Å². The second kappa shape index (κ2) is 8.04. The minimum Gasteiger partial charge on any atom is -0.467 e. The van der Waals surface area contributed by atoms with Crippen molar-refractivity contribution in [3.05, 3.63) is 24.2 Å². The van der Waals surface area contributed by atoms with E-state index in [-0.39, 0.29) is 24.8 Å². The highest BCUT2D eigenvalue weighted by Crippen LogP contribution is 1.98. The lowest BCUT2D eigenvalue weighted by molar-refractivity contribution is -0.124. The van der Waals surface area contributed by atoms with E-state index < -0.39 is 0 Å². The quantitative estimate of drug-likeness (QED) is 0.553. The van der Waals surface area contributed by atoms with Crippen LogP contribution in [0.5, 0.6) is 0 Å². The number of methoxy groups -OCH3 is 1. The zero-order valence-corrected chi connectivity index (χ0v) is 10.9. The highest BCUT2D eigenvalue weighted by Gasteiger charge is 2.05. The molecule has 0 radical (unpaired) electrons. The Labute approximate surface area is 111 Å². The van der Waals surface area contributed by atoms with Gasteiger partial charge in [-0.05, 0) is 19.1 Å². The highest BCUT2D eigenvalue weighted by molar-refractivity contribution is 6.00. The Morgan fingerprint density at radius 2 is 2.21 bits per heavy atom. The first-order valence-electron chi connectivity index (χ1n) is 5.72. The lowest BCUT2D eigenvalue weighted by atomic mass is 10.3. The predicted molar refractivity (Wildman–Crippen MR) is 68.3 cm³/mol. The fourth-order valence-electron chi connectivity index (χ4n) is 1.25. The molecule has 0 aliphatic rings. The van der Waals surface area contributed by atoms with E-state index in [2.05, 4.69) is 20.6 Å². The van der Waals surface area contributed by atoms with Gasteiger partial charge < -0.3 is 14.5 Å². The lowest BCUT2D eigenvalue weighted by Gasteiger charge is -2.03. The Balaban J connectivity index is 2.27. The summed E-state index contributed by atoms with van der Waals surface area (Å²) in [6.07, 6.45) is 1.65. The maximum absolute atomic E-state index is 11.5. The smallest absolute Gasteiger partial charge is 0.266 e. The van der Waals surface area contributed by atoms with Crippen molar-refractivity contribution in [3.8, 4) is 0 Å². The molecule has 1 aromatic heterocycles. The molecule has 7 nitrogen and oxygen atoms in total. The van der Waals surface area contributed by atoms with Crippen LogP contribution in [0.2, 0.25) is 0 Å². The number of nitrogens with zero attached hydrogens (tertiary/aromatic N) is 1. The zero-order valence-electron chi connectivity index (χ0n) is 10.9. The monoisotopic (exact) mass is 267 g/mol. The van der Waals surface area contributed by atoms with E-state index in [9.17, 15) is 9.59 Å². The van der Waals surface area contributed by atoms with Crippen molar-refractivity contribution in [1.29, 1.82) is 0 Å². The summed E-state index contributed by atoms with van der Waals surface area (Å²) in [6.45, 7) is 1.91. The minimum absolute atomic E-state index is 0.0680. The van der Waals surface area contributed by atoms with Gasteiger partial charge >= 0.3 is 0 Å². The topological polar surface area (TPSA) is 92.9 Å². The lowest BCUT2D eigenvalue weighted by Crippen LogP contribution is -2.27. The predicted octanol–water partition coefficient (Wildman–Crippen LogP) is 0.424. The van der Waals surface area contributed by atoms with E-state index in [1.807, 2.05) is 0 Å². The molecule has 0 fully saturated rings. The van der Waals surface area contributed by atoms with Gasteiger partial charge in [-0.25, -0.2) is 5.43 Å². The van der Waals surface area contributed by atoms with Gasteiger partial charge in [-0.3, -0.25) is 9.59 Å². The van der Waals surface area contributed by atoms with Gasteiger partial charge in [0, 0.05) is 12.8 Å². The molecule has 0 aliphatic carbocycles. The summed E-state index contributed by atoms with van der Waals surface area (Å²) in [4.78, 5) is 22.6. The molecule has 0 unspecified atom stereocenters. The summed E-state index contributed by atoms with van der Waals surface area (Å²) in [6, 6.07) is 3.52. The van der Waals surface area contributed by atoms with Crippen molar-refractivity contribution in [2.24, 2.45) is 5.10 Å². The Kier molecular flexibility index (Phi) is 6.31. The molecule has 0 saturated carbocycles. The third-order valence-corrected chi connectivity index (χ3v) is 2.10. The van der Waals surface area contributed by atoms with Crippen LogP contribution in [0.15, 0.2) is 27.9 Å². The van der Waals surface area contributed by atoms with E-state index in [4.69, 9.17) is 4.42 Å². The number of ether oxygens (including phenoxy) is 1. The van der Waals surface area contributed by atoms with Gasteiger partial charge in [-0.15, -0.1) is 0 Å².